The minimum absolute atomic E-state index is 0.0675. The number of thioether (sulfide) groups is 1. The Balaban J connectivity index is 2.07. The molecule has 0 saturated carbocycles. The highest BCUT2D eigenvalue weighted by Crippen LogP contribution is 2.27. The van der Waals surface area contributed by atoms with Gasteiger partial charge in [-0.2, -0.15) is 0 Å². The number of allylic oxidation sites excluding steroid dienone is 1. The second-order valence-electron chi connectivity index (χ2n) is 4.63. The Hall–Kier alpha value is -1.81. The van der Waals surface area contributed by atoms with Gasteiger partial charge in [-0.05, 0) is 24.6 Å². The van der Waals surface area contributed by atoms with Crippen molar-refractivity contribution in [3.05, 3.63) is 77.6 Å². The smallest absolute Gasteiger partial charge is 0.133 e. The molecule has 21 heavy (non-hydrogen) atoms. The van der Waals surface area contributed by atoms with Crippen LogP contribution in [0, 0.1) is 11.6 Å². The van der Waals surface area contributed by atoms with Crippen LogP contribution >= 0.6 is 11.8 Å². The first-order chi connectivity index (χ1) is 10.1. The summed E-state index contributed by atoms with van der Waals surface area (Å²) in [5.41, 5.74) is 1.04. The number of hydrogen-bond donors (Lipinski definition) is 0. The molecule has 0 aliphatic rings. The van der Waals surface area contributed by atoms with Crippen LogP contribution in [0.2, 0.25) is 0 Å². The summed E-state index contributed by atoms with van der Waals surface area (Å²) in [4.78, 5) is 0.563. The maximum Gasteiger partial charge on any atom is 0.133 e. The predicted molar refractivity (Wildman–Crippen MR) is 82.0 cm³/mol. The molecule has 0 spiro atoms. The van der Waals surface area contributed by atoms with Crippen LogP contribution in [0.4, 0.5) is 8.78 Å². The summed E-state index contributed by atoms with van der Waals surface area (Å²) in [6.07, 6.45) is 0. The third-order valence-electron chi connectivity index (χ3n) is 2.83. The molecular formula is C17H16F2OS. The van der Waals surface area contributed by atoms with E-state index in [-0.39, 0.29) is 12.2 Å². The van der Waals surface area contributed by atoms with Gasteiger partial charge in [0.1, 0.15) is 18.2 Å². The molecule has 0 aliphatic carbocycles. The maximum atomic E-state index is 13.9. The van der Waals surface area contributed by atoms with Crippen LogP contribution in [0.5, 0.6) is 0 Å². The molecule has 2 aromatic rings. The van der Waals surface area contributed by atoms with E-state index in [1.54, 1.807) is 6.92 Å². The summed E-state index contributed by atoms with van der Waals surface area (Å²) in [5, 5.41) is 0. The number of halogens is 2. The summed E-state index contributed by atoms with van der Waals surface area (Å²) in [5.74, 6) is -0.0867. The molecule has 0 N–H and O–H groups in total. The Morgan fingerprint density at radius 3 is 2.33 bits per heavy atom. The topological polar surface area (TPSA) is 9.23 Å². The number of benzene rings is 2. The summed E-state index contributed by atoms with van der Waals surface area (Å²) < 4.78 is 32.9. The second-order valence-corrected chi connectivity index (χ2v) is 5.68. The average Bonchev–Trinajstić information content (AvgIpc) is 2.45. The van der Waals surface area contributed by atoms with E-state index in [9.17, 15) is 8.78 Å². The molecule has 110 valence electrons. The van der Waals surface area contributed by atoms with Gasteiger partial charge in [0, 0.05) is 10.6 Å². The van der Waals surface area contributed by atoms with Crippen molar-refractivity contribution < 1.29 is 13.5 Å². The van der Waals surface area contributed by atoms with E-state index in [2.05, 4.69) is 6.58 Å². The van der Waals surface area contributed by atoms with Crippen LogP contribution in [0.3, 0.4) is 0 Å². The fourth-order valence-corrected chi connectivity index (χ4v) is 2.64. The quantitative estimate of drug-likeness (QED) is 0.528. The van der Waals surface area contributed by atoms with Gasteiger partial charge in [0.15, 0.2) is 0 Å². The van der Waals surface area contributed by atoms with Crippen molar-refractivity contribution in [3.63, 3.8) is 0 Å². The molecule has 0 bridgehead atoms. The van der Waals surface area contributed by atoms with E-state index in [4.69, 9.17) is 4.74 Å². The molecular weight excluding hydrogens is 290 g/mol. The normalized spacial score (nSPS) is 10.4. The van der Waals surface area contributed by atoms with E-state index in [0.717, 1.165) is 5.56 Å². The van der Waals surface area contributed by atoms with Crippen molar-refractivity contribution in [1.82, 2.24) is 0 Å². The predicted octanol–water partition coefficient (Wildman–Crippen LogP) is 5.31. The van der Waals surface area contributed by atoms with Crippen molar-refractivity contribution in [2.75, 3.05) is 0 Å². The highest BCUT2D eigenvalue weighted by molar-refractivity contribution is 7.98. The summed E-state index contributed by atoms with van der Waals surface area (Å²) in [6, 6.07) is 12.5. The lowest BCUT2D eigenvalue weighted by atomic mass is 10.2. The lowest BCUT2D eigenvalue weighted by Gasteiger charge is -2.09. The van der Waals surface area contributed by atoms with Gasteiger partial charge in [-0.15, -0.1) is 11.8 Å². The highest BCUT2D eigenvalue weighted by atomic mass is 32.2. The molecule has 0 atom stereocenters. The molecule has 0 aliphatic heterocycles. The van der Waals surface area contributed by atoms with Gasteiger partial charge in [-0.25, -0.2) is 8.78 Å². The molecule has 2 aromatic carbocycles. The lowest BCUT2D eigenvalue weighted by Crippen LogP contribution is -1.99. The lowest BCUT2D eigenvalue weighted by molar-refractivity contribution is 0.194. The number of hydrogen-bond acceptors (Lipinski definition) is 2. The second kappa shape index (κ2) is 7.27. The largest absolute Gasteiger partial charge is 0.494 e. The standard InChI is InChI=1S/C17H16F2OS/c1-12(2)20-10-15-16(18)8-14(9-17(15)19)21-11-13-6-4-3-5-7-13/h3-9H,1,10-11H2,2H3. The van der Waals surface area contributed by atoms with E-state index >= 15 is 0 Å². The molecule has 0 unspecified atom stereocenters. The first-order valence-electron chi connectivity index (χ1n) is 6.49. The Morgan fingerprint density at radius 1 is 1.14 bits per heavy atom. The van der Waals surface area contributed by atoms with Crippen LogP contribution in [0.1, 0.15) is 18.1 Å². The van der Waals surface area contributed by atoms with Crippen LogP contribution in [-0.4, -0.2) is 0 Å². The SMILES string of the molecule is C=C(C)OCc1c(F)cc(SCc2ccccc2)cc1F. The van der Waals surface area contributed by atoms with E-state index < -0.39 is 11.6 Å². The van der Waals surface area contributed by atoms with E-state index in [1.807, 2.05) is 30.3 Å². The fourth-order valence-electron chi connectivity index (χ4n) is 1.74. The Kier molecular flexibility index (Phi) is 5.39. The number of ether oxygens (including phenoxy) is 1. The first kappa shape index (κ1) is 15.6. The van der Waals surface area contributed by atoms with E-state index in [1.165, 1.54) is 23.9 Å². The summed E-state index contributed by atoms with van der Waals surface area (Å²) >= 11 is 1.40. The zero-order valence-electron chi connectivity index (χ0n) is 11.7. The maximum absolute atomic E-state index is 13.9. The van der Waals surface area contributed by atoms with Gasteiger partial charge in [-0.3, -0.25) is 0 Å². The van der Waals surface area contributed by atoms with E-state index in [0.29, 0.717) is 16.4 Å². The van der Waals surface area contributed by atoms with Gasteiger partial charge >= 0.3 is 0 Å². The van der Waals surface area contributed by atoms with Crippen molar-refractivity contribution in [2.45, 2.75) is 24.2 Å². The molecule has 4 heteroatoms. The Morgan fingerprint density at radius 2 is 1.76 bits per heavy atom. The van der Waals surface area contributed by atoms with Crippen molar-refractivity contribution in [1.29, 1.82) is 0 Å². The van der Waals surface area contributed by atoms with Crippen LogP contribution in [-0.2, 0) is 17.1 Å². The monoisotopic (exact) mass is 306 g/mol. The van der Waals surface area contributed by atoms with Crippen molar-refractivity contribution in [2.24, 2.45) is 0 Å². The van der Waals surface area contributed by atoms with Gasteiger partial charge in [0.25, 0.3) is 0 Å². The minimum atomic E-state index is -0.591. The summed E-state index contributed by atoms with van der Waals surface area (Å²) in [6.45, 7) is 5.04. The molecule has 0 radical (unpaired) electrons. The molecule has 0 fully saturated rings. The first-order valence-corrected chi connectivity index (χ1v) is 7.48. The third kappa shape index (κ3) is 4.60. The molecule has 1 nitrogen and oxygen atoms in total. The summed E-state index contributed by atoms with van der Waals surface area (Å²) in [7, 11) is 0. The Bertz CT molecular complexity index is 603. The Labute approximate surface area is 127 Å². The molecule has 0 heterocycles. The van der Waals surface area contributed by atoms with Crippen LogP contribution in [0.25, 0.3) is 0 Å². The van der Waals surface area contributed by atoms with Crippen molar-refractivity contribution in [3.8, 4) is 0 Å². The van der Waals surface area contributed by atoms with Gasteiger partial charge < -0.3 is 4.74 Å². The molecule has 0 saturated heterocycles. The van der Waals surface area contributed by atoms with Crippen molar-refractivity contribution >= 4 is 11.8 Å². The molecule has 0 amide bonds. The van der Waals surface area contributed by atoms with Gasteiger partial charge in [0.2, 0.25) is 0 Å². The van der Waals surface area contributed by atoms with Crippen LogP contribution in [0.15, 0.2) is 59.7 Å². The number of rotatable bonds is 6. The van der Waals surface area contributed by atoms with Gasteiger partial charge in [0.05, 0.1) is 11.3 Å². The highest BCUT2D eigenvalue weighted by Gasteiger charge is 2.12. The zero-order valence-corrected chi connectivity index (χ0v) is 12.6. The van der Waals surface area contributed by atoms with Gasteiger partial charge in [-0.1, -0.05) is 36.9 Å². The van der Waals surface area contributed by atoms with Crippen LogP contribution < -0.4 is 0 Å². The minimum Gasteiger partial charge on any atom is -0.494 e. The average molecular weight is 306 g/mol. The third-order valence-corrected chi connectivity index (χ3v) is 3.87. The zero-order chi connectivity index (χ0) is 15.2. The molecule has 0 aromatic heterocycles. The molecule has 2 rings (SSSR count). The fraction of sp³-hybridized carbons (Fsp3) is 0.176.